The highest BCUT2D eigenvalue weighted by Crippen LogP contribution is 2.44. The topological polar surface area (TPSA) is 50.1 Å². The van der Waals surface area contributed by atoms with Gasteiger partial charge in [0, 0.05) is 0 Å². The summed E-state index contributed by atoms with van der Waals surface area (Å²) in [5.41, 5.74) is 0.00609. The predicted octanol–water partition coefficient (Wildman–Crippen LogP) is 2.05. The molecule has 3 nitrogen and oxygen atoms in total. The first kappa shape index (κ1) is 10.8. The van der Waals surface area contributed by atoms with Gasteiger partial charge in [-0.25, -0.2) is 0 Å². The van der Waals surface area contributed by atoms with Crippen LogP contribution < -0.4 is 0 Å². The van der Waals surface area contributed by atoms with Crippen molar-refractivity contribution < 1.29 is 9.53 Å². The van der Waals surface area contributed by atoms with E-state index in [0.29, 0.717) is 19.4 Å². The van der Waals surface area contributed by atoms with Crippen LogP contribution in [-0.4, -0.2) is 12.6 Å². The highest BCUT2D eigenvalue weighted by atomic mass is 16.5. The number of hydrogen-bond acceptors (Lipinski definition) is 3. The fraction of sp³-hybridized carbons (Fsp3) is 0.636. The van der Waals surface area contributed by atoms with Crippen molar-refractivity contribution >= 4 is 5.97 Å². The van der Waals surface area contributed by atoms with Crippen molar-refractivity contribution in [1.29, 1.82) is 5.26 Å². The van der Waals surface area contributed by atoms with Gasteiger partial charge in [0.25, 0.3) is 0 Å². The Morgan fingerprint density at radius 2 is 2.50 bits per heavy atom. The van der Waals surface area contributed by atoms with E-state index >= 15 is 0 Å². The van der Waals surface area contributed by atoms with Crippen molar-refractivity contribution in [3.8, 4) is 6.07 Å². The normalized spacial score (nSPS) is 31.2. The smallest absolute Gasteiger partial charge is 0.326 e. The Morgan fingerprint density at radius 1 is 1.86 bits per heavy atom. The van der Waals surface area contributed by atoms with E-state index < -0.39 is 11.4 Å². The van der Waals surface area contributed by atoms with Crippen molar-refractivity contribution in [3.63, 3.8) is 0 Å². The van der Waals surface area contributed by atoms with E-state index in [1.807, 2.05) is 6.92 Å². The molecule has 1 rings (SSSR count). The number of carbonyl (C=O) groups is 1. The summed E-state index contributed by atoms with van der Waals surface area (Å²) in [5, 5.41) is 9.06. The van der Waals surface area contributed by atoms with Gasteiger partial charge in [-0.2, -0.15) is 5.26 Å². The van der Waals surface area contributed by atoms with Gasteiger partial charge in [-0.15, -0.1) is 0 Å². The summed E-state index contributed by atoms with van der Waals surface area (Å²) in [4.78, 5) is 11.6. The molecule has 76 valence electrons. The van der Waals surface area contributed by atoms with Crippen LogP contribution in [0.4, 0.5) is 0 Å². The number of rotatable bonds is 2. The summed E-state index contributed by atoms with van der Waals surface area (Å²) < 4.78 is 4.91. The molecule has 0 N–H and O–H groups in total. The third kappa shape index (κ3) is 1.65. The SMILES string of the molecule is C=C1CC(C#N)(C(=O)OCC)CC1C. The lowest BCUT2D eigenvalue weighted by atomic mass is 9.87. The average Bonchev–Trinajstić information content (AvgIpc) is 2.44. The lowest BCUT2D eigenvalue weighted by Gasteiger charge is -2.17. The molecule has 1 saturated carbocycles. The van der Waals surface area contributed by atoms with Gasteiger partial charge in [-0.3, -0.25) is 4.79 Å². The minimum Gasteiger partial charge on any atom is -0.465 e. The molecule has 0 aromatic rings. The Kier molecular flexibility index (Phi) is 2.95. The molecule has 14 heavy (non-hydrogen) atoms. The summed E-state index contributed by atoms with van der Waals surface area (Å²) in [7, 11) is 0. The lowest BCUT2D eigenvalue weighted by Crippen LogP contribution is -2.28. The molecular formula is C11H15NO2. The van der Waals surface area contributed by atoms with Crippen LogP contribution >= 0.6 is 0 Å². The van der Waals surface area contributed by atoms with Gasteiger partial charge in [0.05, 0.1) is 12.7 Å². The third-order valence-electron chi connectivity index (χ3n) is 2.76. The van der Waals surface area contributed by atoms with E-state index in [9.17, 15) is 4.79 Å². The minimum absolute atomic E-state index is 0.235. The van der Waals surface area contributed by atoms with Crippen LogP contribution in [0.1, 0.15) is 26.7 Å². The Labute approximate surface area is 84.4 Å². The quantitative estimate of drug-likeness (QED) is 0.498. The zero-order valence-corrected chi connectivity index (χ0v) is 8.67. The molecule has 2 unspecified atom stereocenters. The molecule has 3 heteroatoms. The van der Waals surface area contributed by atoms with Crippen LogP contribution in [0, 0.1) is 22.7 Å². The van der Waals surface area contributed by atoms with Crippen molar-refractivity contribution in [2.45, 2.75) is 26.7 Å². The average molecular weight is 193 g/mol. The number of carbonyl (C=O) groups excluding carboxylic acids is 1. The van der Waals surface area contributed by atoms with E-state index in [1.165, 1.54) is 0 Å². The summed E-state index contributed by atoms with van der Waals surface area (Å²) in [6.45, 7) is 7.92. The van der Waals surface area contributed by atoms with Crippen LogP contribution in [0.5, 0.6) is 0 Å². The van der Waals surface area contributed by atoms with Gasteiger partial charge < -0.3 is 4.74 Å². The zero-order chi connectivity index (χ0) is 10.8. The molecule has 0 heterocycles. The molecule has 0 radical (unpaired) electrons. The maximum Gasteiger partial charge on any atom is 0.326 e. The van der Waals surface area contributed by atoms with Gasteiger partial charge in [0.2, 0.25) is 0 Å². The van der Waals surface area contributed by atoms with Gasteiger partial charge in [0.15, 0.2) is 5.41 Å². The van der Waals surface area contributed by atoms with Gasteiger partial charge in [-0.1, -0.05) is 19.1 Å². The third-order valence-corrected chi connectivity index (χ3v) is 2.76. The van der Waals surface area contributed by atoms with Crippen LogP contribution in [0.15, 0.2) is 12.2 Å². The lowest BCUT2D eigenvalue weighted by molar-refractivity contribution is -0.151. The van der Waals surface area contributed by atoms with Crippen molar-refractivity contribution in [3.05, 3.63) is 12.2 Å². The molecule has 0 saturated heterocycles. The molecule has 2 atom stereocenters. The van der Waals surface area contributed by atoms with Crippen LogP contribution in [-0.2, 0) is 9.53 Å². The van der Waals surface area contributed by atoms with E-state index in [4.69, 9.17) is 10.00 Å². The second kappa shape index (κ2) is 3.83. The molecule has 0 spiro atoms. The predicted molar refractivity (Wildman–Crippen MR) is 52.2 cm³/mol. The molecule has 1 fully saturated rings. The summed E-state index contributed by atoms with van der Waals surface area (Å²) >= 11 is 0. The maximum atomic E-state index is 11.6. The first-order valence-electron chi connectivity index (χ1n) is 4.82. The summed E-state index contributed by atoms with van der Waals surface area (Å²) in [6.07, 6.45) is 0.991. The van der Waals surface area contributed by atoms with E-state index in [1.54, 1.807) is 6.92 Å². The highest BCUT2D eigenvalue weighted by molar-refractivity contribution is 5.81. The van der Waals surface area contributed by atoms with Gasteiger partial charge in [-0.05, 0) is 25.7 Å². The first-order chi connectivity index (χ1) is 6.55. The fourth-order valence-electron chi connectivity index (χ4n) is 1.86. The zero-order valence-electron chi connectivity index (χ0n) is 8.67. The minimum atomic E-state index is -0.966. The fourth-order valence-corrected chi connectivity index (χ4v) is 1.86. The Hall–Kier alpha value is -1.30. The largest absolute Gasteiger partial charge is 0.465 e. The molecule has 0 aromatic heterocycles. The van der Waals surface area contributed by atoms with Gasteiger partial charge in [0.1, 0.15) is 0 Å². The van der Waals surface area contributed by atoms with Crippen molar-refractivity contribution in [1.82, 2.24) is 0 Å². The number of esters is 1. The molecule has 0 bridgehead atoms. The summed E-state index contributed by atoms with van der Waals surface area (Å²) in [6, 6.07) is 2.09. The molecule has 1 aliphatic carbocycles. The van der Waals surface area contributed by atoms with Crippen LogP contribution in [0.25, 0.3) is 0 Å². The number of nitriles is 1. The number of ether oxygens (including phenoxy) is 1. The monoisotopic (exact) mass is 193 g/mol. The molecule has 1 aliphatic rings. The Bertz CT molecular complexity index is 303. The summed E-state index contributed by atoms with van der Waals surface area (Å²) in [5.74, 6) is -0.160. The van der Waals surface area contributed by atoms with Crippen molar-refractivity contribution in [2.75, 3.05) is 6.61 Å². The van der Waals surface area contributed by atoms with Crippen LogP contribution in [0.3, 0.4) is 0 Å². The molecule has 0 amide bonds. The number of nitrogens with zero attached hydrogens (tertiary/aromatic N) is 1. The highest BCUT2D eigenvalue weighted by Gasteiger charge is 2.47. The number of hydrogen-bond donors (Lipinski definition) is 0. The van der Waals surface area contributed by atoms with E-state index in [0.717, 1.165) is 5.57 Å². The van der Waals surface area contributed by atoms with Crippen LogP contribution in [0.2, 0.25) is 0 Å². The standard InChI is InChI=1S/C11H15NO2/c1-4-14-10(13)11(7-12)5-8(2)9(3)6-11/h9H,2,4-6H2,1,3H3. The second-order valence-electron chi connectivity index (χ2n) is 3.85. The molecular weight excluding hydrogens is 178 g/mol. The Balaban J connectivity index is 2.86. The Morgan fingerprint density at radius 3 is 2.86 bits per heavy atom. The number of allylic oxidation sites excluding steroid dienone is 1. The van der Waals surface area contributed by atoms with E-state index in [-0.39, 0.29) is 5.92 Å². The van der Waals surface area contributed by atoms with E-state index in [2.05, 4.69) is 12.6 Å². The maximum absolute atomic E-state index is 11.6. The van der Waals surface area contributed by atoms with Gasteiger partial charge >= 0.3 is 5.97 Å². The first-order valence-corrected chi connectivity index (χ1v) is 4.82. The molecule has 0 aromatic carbocycles. The van der Waals surface area contributed by atoms with Crippen molar-refractivity contribution in [2.24, 2.45) is 11.3 Å². The second-order valence-corrected chi connectivity index (χ2v) is 3.85. The molecule has 0 aliphatic heterocycles.